The van der Waals surface area contributed by atoms with Crippen LogP contribution in [-0.2, 0) is 0 Å². The van der Waals surface area contributed by atoms with Gasteiger partial charge in [-0.3, -0.25) is 9.59 Å². The number of hydrogen-bond donors (Lipinski definition) is 0. The summed E-state index contributed by atoms with van der Waals surface area (Å²) in [5.74, 6) is 0. The molecule has 0 unspecified atom stereocenters. The molecule has 9 heavy (non-hydrogen) atoms. The molecule has 4 nitrogen and oxygen atoms in total. The van der Waals surface area contributed by atoms with Gasteiger partial charge in [0, 0.05) is 6.07 Å². The van der Waals surface area contributed by atoms with Crippen LogP contribution in [0.2, 0.25) is 0 Å². The highest BCUT2D eigenvalue weighted by Gasteiger charge is 2.01. The van der Waals surface area contributed by atoms with Crippen LogP contribution in [0.5, 0.6) is 0 Å². The lowest BCUT2D eigenvalue weighted by Gasteiger charge is -1.47. The van der Waals surface area contributed by atoms with Crippen molar-refractivity contribution in [1.29, 1.82) is 0 Å². The van der Waals surface area contributed by atoms with E-state index in [1.54, 1.807) is 0 Å². The summed E-state index contributed by atoms with van der Waals surface area (Å²) >= 11 is 0. The monoisotopic (exact) mass is 122 g/mol. The summed E-state index contributed by atoms with van der Waals surface area (Å²) in [5, 5.41) is -0.194. The van der Waals surface area contributed by atoms with Crippen LogP contribution < -0.4 is 16.2 Å². The highest BCUT2D eigenvalue weighted by molar-refractivity contribution is 4.99. The zero-order valence-electron chi connectivity index (χ0n) is 4.37. The van der Waals surface area contributed by atoms with Crippen LogP contribution in [0, 0.1) is 0 Å². The summed E-state index contributed by atoms with van der Waals surface area (Å²) in [6.45, 7) is 0. The molecule has 0 heterocycles. The normalized spacial score (nSPS) is 8.89. The van der Waals surface area contributed by atoms with E-state index in [1.807, 2.05) is 0 Å². The lowest BCUT2D eigenvalue weighted by atomic mass is 10.6. The van der Waals surface area contributed by atoms with E-state index in [-0.39, 0.29) is 5.36 Å². The lowest BCUT2D eigenvalue weighted by molar-refractivity contribution is -0.0662. The zero-order valence-corrected chi connectivity index (χ0v) is 4.37. The molecule has 0 saturated heterocycles. The van der Waals surface area contributed by atoms with Crippen LogP contribution in [0.3, 0.4) is 0 Å². The largest absolute Gasteiger partial charge is 0.366 e. The first-order chi connectivity index (χ1) is 4.25. The van der Waals surface area contributed by atoms with Crippen molar-refractivity contribution in [3.05, 3.63) is 43.5 Å². The van der Waals surface area contributed by atoms with Gasteiger partial charge in [-0.15, -0.1) is 0 Å². The van der Waals surface area contributed by atoms with Gasteiger partial charge in [-0.25, -0.2) is 0 Å². The first-order valence-corrected chi connectivity index (χ1v) is 2.24. The van der Waals surface area contributed by atoms with E-state index in [0.717, 1.165) is 6.07 Å². The molecule has 0 aromatic heterocycles. The van der Waals surface area contributed by atoms with Crippen LogP contribution >= 0.6 is 0 Å². The van der Waals surface area contributed by atoms with Gasteiger partial charge in [0.1, 0.15) is 0 Å². The average Bonchev–Trinajstić information content (AvgIpc) is 2.15. The highest BCUT2D eigenvalue weighted by Crippen LogP contribution is 1.50. The third kappa shape index (κ3) is 0.709. The predicted octanol–water partition coefficient (Wildman–Crippen LogP) is -1.59. The standard InChI is InChI=1S/C5H2N2O2/c6-7-3-1-2-4(8)5(3)9/h1-2H. The second-order valence-electron chi connectivity index (χ2n) is 1.51. The van der Waals surface area contributed by atoms with Crippen molar-refractivity contribution in [3.8, 4) is 0 Å². The molecule has 1 aromatic carbocycles. The molecule has 0 spiro atoms. The molecule has 0 radical (unpaired) electrons. The van der Waals surface area contributed by atoms with Gasteiger partial charge in [-0.2, -0.15) is 4.79 Å². The Morgan fingerprint density at radius 3 is 2.22 bits per heavy atom. The van der Waals surface area contributed by atoms with E-state index in [1.165, 1.54) is 6.07 Å². The summed E-state index contributed by atoms with van der Waals surface area (Å²) in [6, 6.07) is 2.24. The van der Waals surface area contributed by atoms with Crippen molar-refractivity contribution < 1.29 is 4.79 Å². The molecular weight excluding hydrogens is 120 g/mol. The Kier molecular flexibility index (Phi) is 1.09. The summed E-state index contributed by atoms with van der Waals surface area (Å²) < 4.78 is 0. The molecule has 0 aliphatic heterocycles. The molecule has 0 bridgehead atoms. The Balaban J connectivity index is 4.00. The molecule has 44 valence electrons. The molecule has 1 aromatic rings. The summed E-state index contributed by atoms with van der Waals surface area (Å²) in [4.78, 5) is 23.3. The van der Waals surface area contributed by atoms with Crippen LogP contribution in [0.4, 0.5) is 0 Å². The topological polar surface area (TPSA) is 70.5 Å². The van der Waals surface area contributed by atoms with Crippen LogP contribution in [-0.4, -0.2) is 4.79 Å². The summed E-state index contributed by atoms with van der Waals surface area (Å²) in [7, 11) is 0. The second-order valence-corrected chi connectivity index (χ2v) is 1.51. The fourth-order valence-corrected chi connectivity index (χ4v) is 0.511. The Morgan fingerprint density at radius 1 is 1.33 bits per heavy atom. The van der Waals surface area contributed by atoms with E-state index in [9.17, 15) is 9.59 Å². The van der Waals surface area contributed by atoms with Crippen LogP contribution in [0.1, 0.15) is 0 Å². The highest BCUT2D eigenvalue weighted by atomic mass is 16.2. The van der Waals surface area contributed by atoms with E-state index in [0.29, 0.717) is 0 Å². The van der Waals surface area contributed by atoms with Crippen molar-refractivity contribution in [3.63, 3.8) is 0 Å². The average molecular weight is 122 g/mol. The minimum Gasteiger partial charge on any atom is -0.361 e. The Morgan fingerprint density at radius 2 is 2.00 bits per heavy atom. The van der Waals surface area contributed by atoms with Crippen molar-refractivity contribution in [2.75, 3.05) is 0 Å². The maximum absolute atomic E-state index is 10.4. The fraction of sp³-hybridized carbons (Fsp3) is 0. The third-order valence-corrected chi connectivity index (χ3v) is 0.957. The Hall–Kier alpha value is -1.54. The van der Waals surface area contributed by atoms with Crippen LogP contribution in [0.15, 0.2) is 21.7 Å². The number of nitrogens with zero attached hydrogens (tertiary/aromatic N) is 2. The molecule has 0 fully saturated rings. The molecule has 0 saturated carbocycles. The Bertz CT molecular complexity index is 380. The van der Waals surface area contributed by atoms with Gasteiger partial charge in [0.25, 0.3) is 0 Å². The first-order valence-electron chi connectivity index (χ1n) is 2.24. The van der Waals surface area contributed by atoms with Gasteiger partial charge in [-0.1, -0.05) is 0 Å². The molecular formula is C5H2N2O2. The molecule has 1 rings (SSSR count). The molecule has 0 atom stereocenters. The van der Waals surface area contributed by atoms with Crippen molar-refractivity contribution in [1.82, 2.24) is 0 Å². The molecule has 4 heteroatoms. The summed E-state index contributed by atoms with van der Waals surface area (Å²) in [6.07, 6.45) is 0. The van der Waals surface area contributed by atoms with Gasteiger partial charge >= 0.3 is 10.8 Å². The van der Waals surface area contributed by atoms with Gasteiger partial charge in [0.15, 0.2) is 0 Å². The van der Waals surface area contributed by atoms with Crippen molar-refractivity contribution in [2.45, 2.75) is 0 Å². The van der Waals surface area contributed by atoms with E-state index in [2.05, 4.69) is 4.79 Å². The first kappa shape index (κ1) is 5.59. The smallest absolute Gasteiger partial charge is 0.361 e. The van der Waals surface area contributed by atoms with E-state index in [4.69, 9.17) is 5.53 Å². The lowest BCUT2D eigenvalue weighted by Crippen LogP contribution is -2.30. The van der Waals surface area contributed by atoms with Gasteiger partial charge in [0.05, 0.1) is 0 Å². The number of hydrogen-bond acceptors (Lipinski definition) is 2. The predicted molar refractivity (Wildman–Crippen MR) is 28.1 cm³/mol. The van der Waals surface area contributed by atoms with Crippen molar-refractivity contribution >= 4 is 0 Å². The zero-order chi connectivity index (χ0) is 6.85. The molecule has 0 amide bonds. The van der Waals surface area contributed by atoms with Gasteiger partial charge in [0.2, 0.25) is 5.43 Å². The maximum Gasteiger partial charge on any atom is 0.366 e. The Labute approximate surface area is 49.3 Å². The quantitative estimate of drug-likeness (QED) is 0.236. The summed E-state index contributed by atoms with van der Waals surface area (Å²) in [5.41, 5.74) is 6.63. The van der Waals surface area contributed by atoms with E-state index >= 15 is 0 Å². The molecule has 0 N–H and O–H groups in total. The molecule has 0 aliphatic carbocycles. The number of rotatable bonds is 0. The second kappa shape index (κ2) is 1.76. The van der Waals surface area contributed by atoms with Crippen molar-refractivity contribution in [2.24, 2.45) is 0 Å². The van der Waals surface area contributed by atoms with Crippen LogP contribution in [0.25, 0.3) is 5.53 Å². The fourth-order valence-electron chi connectivity index (χ4n) is 0.511. The SMILES string of the molecule is [N-]=[N+]=c1ccc(=O)c1=O. The molecule has 0 aliphatic rings. The van der Waals surface area contributed by atoms with E-state index < -0.39 is 10.9 Å². The third-order valence-electron chi connectivity index (χ3n) is 0.957. The van der Waals surface area contributed by atoms with Gasteiger partial charge in [-0.05, 0) is 6.07 Å². The minimum atomic E-state index is -0.752. The minimum absolute atomic E-state index is 0.194. The maximum atomic E-state index is 10.4. The van der Waals surface area contributed by atoms with Gasteiger partial charge < -0.3 is 5.53 Å².